The Morgan fingerprint density at radius 2 is 1.67 bits per heavy atom. The van der Waals surface area contributed by atoms with E-state index in [0.29, 0.717) is 18.4 Å². The number of hydrogen-bond acceptors (Lipinski definition) is 6. The van der Waals surface area contributed by atoms with E-state index in [4.69, 9.17) is 14.2 Å². The van der Waals surface area contributed by atoms with Crippen molar-refractivity contribution in [3.8, 4) is 22.9 Å². The van der Waals surface area contributed by atoms with Gasteiger partial charge in [-0.25, -0.2) is 14.8 Å². The van der Waals surface area contributed by atoms with E-state index in [1.807, 2.05) is 18.2 Å². The highest BCUT2D eigenvalue weighted by atomic mass is 16.6. The van der Waals surface area contributed by atoms with Gasteiger partial charge in [-0.3, -0.25) is 0 Å². The number of aromatic nitrogens is 2. The van der Waals surface area contributed by atoms with Crippen molar-refractivity contribution in [3.05, 3.63) is 49.3 Å². The number of epoxide rings is 1. The Morgan fingerprint density at radius 1 is 1.00 bits per heavy atom. The van der Waals surface area contributed by atoms with E-state index in [-0.39, 0.29) is 12.1 Å². The number of benzene rings is 1. The van der Waals surface area contributed by atoms with Crippen LogP contribution in [0.25, 0.3) is 11.1 Å². The first-order valence-electron chi connectivity index (χ1n) is 12.2. The number of carbonyl (C=O) groups is 1. The lowest BCUT2D eigenvalue weighted by Crippen LogP contribution is -2.17. The van der Waals surface area contributed by atoms with Crippen LogP contribution in [-0.4, -0.2) is 34.8 Å². The van der Waals surface area contributed by atoms with Crippen LogP contribution in [0.4, 0.5) is 0 Å². The number of hydrogen-bond donors (Lipinski definition) is 0. The van der Waals surface area contributed by atoms with Gasteiger partial charge in [-0.1, -0.05) is 63.7 Å². The highest BCUT2D eigenvalue weighted by Crippen LogP contribution is 2.29. The van der Waals surface area contributed by atoms with E-state index < -0.39 is 6.10 Å². The van der Waals surface area contributed by atoms with Crippen LogP contribution in [0.1, 0.15) is 71.1 Å². The van der Waals surface area contributed by atoms with Crippen molar-refractivity contribution in [2.24, 2.45) is 0 Å². The summed E-state index contributed by atoms with van der Waals surface area (Å²) >= 11 is 0. The van der Waals surface area contributed by atoms with Crippen LogP contribution in [0.5, 0.6) is 11.8 Å². The molecule has 0 bridgehead atoms. The highest BCUT2D eigenvalue weighted by Gasteiger charge is 2.45. The molecule has 0 aliphatic carbocycles. The van der Waals surface area contributed by atoms with E-state index in [2.05, 4.69) is 23.5 Å². The number of ether oxygens (including phenoxy) is 3. The molecule has 1 aliphatic heterocycles. The summed E-state index contributed by atoms with van der Waals surface area (Å²) in [6.07, 6.45) is 16.7. The van der Waals surface area contributed by atoms with Crippen molar-refractivity contribution < 1.29 is 19.0 Å². The third kappa shape index (κ3) is 8.61. The third-order valence-corrected chi connectivity index (χ3v) is 5.71. The Kier molecular flexibility index (Phi) is 10.4. The van der Waals surface area contributed by atoms with E-state index in [1.54, 1.807) is 24.5 Å². The summed E-state index contributed by atoms with van der Waals surface area (Å²) in [5.41, 5.74) is 1.83. The minimum atomic E-state index is -0.419. The lowest BCUT2D eigenvalue weighted by atomic mass is 10.1. The first-order valence-corrected chi connectivity index (χ1v) is 12.2. The molecule has 1 aromatic heterocycles. The number of rotatable bonds is 16. The maximum Gasteiger partial charge on any atom is 0.343 e. The van der Waals surface area contributed by atoms with Gasteiger partial charge in [0, 0.05) is 18.0 Å². The van der Waals surface area contributed by atoms with Crippen LogP contribution < -0.4 is 9.47 Å². The molecular weight excluding hydrogens is 416 g/mol. The number of allylic oxidation sites excluding steroid dienone is 1. The first kappa shape index (κ1) is 24.9. The second kappa shape index (κ2) is 13.7. The van der Waals surface area contributed by atoms with E-state index >= 15 is 0 Å². The zero-order valence-corrected chi connectivity index (χ0v) is 19.7. The van der Waals surface area contributed by atoms with Crippen molar-refractivity contribution in [3.63, 3.8) is 0 Å². The smallest absolute Gasteiger partial charge is 0.343 e. The average molecular weight is 453 g/mol. The van der Waals surface area contributed by atoms with Gasteiger partial charge < -0.3 is 14.2 Å². The first-order chi connectivity index (χ1) is 16.2. The number of unbranched alkanes of at least 4 members (excludes halogenated alkanes) is 7. The molecule has 0 unspecified atom stereocenters. The Morgan fingerprint density at radius 3 is 2.33 bits per heavy atom. The molecule has 2 heterocycles. The molecule has 178 valence electrons. The topological polar surface area (TPSA) is 73.8 Å². The normalized spacial score (nSPS) is 16.9. The molecule has 33 heavy (non-hydrogen) atoms. The fourth-order valence-electron chi connectivity index (χ4n) is 3.72. The summed E-state index contributed by atoms with van der Waals surface area (Å²) in [6.45, 7) is 6.46. The molecule has 6 heteroatoms. The van der Waals surface area contributed by atoms with Crippen LogP contribution in [0.2, 0.25) is 0 Å². The highest BCUT2D eigenvalue weighted by molar-refractivity contribution is 5.80. The Balaban J connectivity index is 1.33. The van der Waals surface area contributed by atoms with Crippen LogP contribution in [0, 0.1) is 0 Å². The summed E-state index contributed by atoms with van der Waals surface area (Å²) in [6, 6.07) is 7.72. The quantitative estimate of drug-likeness (QED) is 0.0978. The van der Waals surface area contributed by atoms with Crippen LogP contribution in [0.15, 0.2) is 49.3 Å². The second-order valence-corrected chi connectivity index (χ2v) is 8.48. The van der Waals surface area contributed by atoms with Gasteiger partial charge in [0.25, 0.3) is 0 Å². The summed E-state index contributed by atoms with van der Waals surface area (Å²) in [5.74, 6) is 0.182. The average Bonchev–Trinajstić information content (AvgIpc) is 3.61. The van der Waals surface area contributed by atoms with Crippen LogP contribution >= 0.6 is 0 Å². The van der Waals surface area contributed by atoms with E-state index in [9.17, 15) is 4.79 Å². The van der Waals surface area contributed by atoms with Gasteiger partial charge in [-0.05, 0) is 43.4 Å². The summed E-state index contributed by atoms with van der Waals surface area (Å²) in [5, 5.41) is 0. The largest absolute Gasteiger partial charge is 0.463 e. The molecular formula is C27H36N2O4. The number of carbonyl (C=O) groups excluding carboxylic acids is 1. The molecule has 0 radical (unpaired) electrons. The van der Waals surface area contributed by atoms with Crippen molar-refractivity contribution in [1.82, 2.24) is 9.97 Å². The fraction of sp³-hybridized carbons (Fsp3) is 0.519. The molecule has 0 amide bonds. The van der Waals surface area contributed by atoms with Gasteiger partial charge in [0.2, 0.25) is 0 Å². The number of nitrogens with zero attached hydrogens (tertiary/aromatic N) is 2. The van der Waals surface area contributed by atoms with Gasteiger partial charge in [-0.2, -0.15) is 0 Å². The number of esters is 1. The fourth-order valence-corrected chi connectivity index (χ4v) is 3.72. The zero-order valence-electron chi connectivity index (χ0n) is 19.7. The maximum absolute atomic E-state index is 12.1. The van der Waals surface area contributed by atoms with Crippen LogP contribution in [0.3, 0.4) is 0 Å². The minimum Gasteiger partial charge on any atom is -0.463 e. The standard InChI is InChI=1S/C27H36N2O4/c1-3-5-6-7-8-9-10-11-12-18-31-27-28-19-22(20-29-27)21-14-16-23(17-15-21)32-26(30)25-24(33-25)13-4-2/h3,14-17,19-20,24-25H,1,4-13,18H2,2H3/t24-,25-/m1/s1. The lowest BCUT2D eigenvalue weighted by Gasteiger charge is -2.07. The SMILES string of the molecule is C=CCCCCCCCCCOc1ncc(-c2ccc(OC(=O)[C@@H]3O[C@@H]3CCC)cc2)cn1. The Bertz CT molecular complexity index is 851. The predicted octanol–water partition coefficient (Wildman–Crippen LogP) is 6.30. The van der Waals surface area contributed by atoms with Crippen molar-refractivity contribution in [2.75, 3.05) is 6.61 Å². The second-order valence-electron chi connectivity index (χ2n) is 8.48. The maximum atomic E-state index is 12.1. The zero-order chi connectivity index (χ0) is 23.3. The molecule has 0 saturated carbocycles. The van der Waals surface area contributed by atoms with Gasteiger partial charge in [0.15, 0.2) is 6.10 Å². The molecule has 0 N–H and O–H groups in total. The molecule has 1 fully saturated rings. The van der Waals surface area contributed by atoms with Gasteiger partial charge in [-0.15, -0.1) is 6.58 Å². The lowest BCUT2D eigenvalue weighted by molar-refractivity contribution is -0.135. The van der Waals surface area contributed by atoms with Crippen molar-refractivity contribution >= 4 is 5.97 Å². The summed E-state index contributed by atoms with van der Waals surface area (Å²) in [4.78, 5) is 20.7. The van der Waals surface area contributed by atoms with Gasteiger partial charge >= 0.3 is 12.0 Å². The molecule has 3 rings (SSSR count). The van der Waals surface area contributed by atoms with Gasteiger partial charge in [0.1, 0.15) is 5.75 Å². The Labute approximate surface area is 197 Å². The third-order valence-electron chi connectivity index (χ3n) is 5.71. The van der Waals surface area contributed by atoms with Crippen molar-refractivity contribution in [1.29, 1.82) is 0 Å². The van der Waals surface area contributed by atoms with Crippen LogP contribution in [-0.2, 0) is 9.53 Å². The minimum absolute atomic E-state index is 0.0112. The Hall–Kier alpha value is -2.73. The molecule has 6 nitrogen and oxygen atoms in total. The molecule has 1 aromatic carbocycles. The molecule has 0 spiro atoms. The molecule has 2 aromatic rings. The van der Waals surface area contributed by atoms with Crippen molar-refractivity contribution in [2.45, 2.75) is 83.3 Å². The summed E-state index contributed by atoms with van der Waals surface area (Å²) < 4.78 is 16.4. The van der Waals surface area contributed by atoms with E-state index in [1.165, 1.54) is 38.5 Å². The van der Waals surface area contributed by atoms with E-state index in [0.717, 1.165) is 36.8 Å². The summed E-state index contributed by atoms with van der Waals surface area (Å²) in [7, 11) is 0. The van der Waals surface area contributed by atoms with Gasteiger partial charge in [0.05, 0.1) is 12.7 Å². The predicted molar refractivity (Wildman–Crippen MR) is 129 cm³/mol. The molecule has 1 aliphatic rings. The molecule has 1 saturated heterocycles. The monoisotopic (exact) mass is 452 g/mol. The molecule has 2 atom stereocenters.